The minimum atomic E-state index is 0.189. The van der Waals surface area contributed by atoms with Crippen molar-refractivity contribution in [3.8, 4) is 11.8 Å². The van der Waals surface area contributed by atoms with Crippen LogP contribution in [-0.2, 0) is 0 Å². The van der Waals surface area contributed by atoms with E-state index in [2.05, 4.69) is 36.9 Å². The van der Waals surface area contributed by atoms with E-state index in [9.17, 15) is 0 Å². The summed E-state index contributed by atoms with van der Waals surface area (Å²) >= 11 is 0. The molecular weight excluding hydrogens is 200 g/mol. The lowest BCUT2D eigenvalue weighted by Crippen LogP contribution is -2.38. The van der Waals surface area contributed by atoms with Crippen molar-refractivity contribution >= 4 is 5.69 Å². The number of benzene rings is 1. The molecule has 3 nitrogen and oxygen atoms in total. The van der Waals surface area contributed by atoms with E-state index in [1.807, 2.05) is 6.07 Å². The van der Waals surface area contributed by atoms with Gasteiger partial charge in [0.05, 0.1) is 24.7 Å². The Hall–Kier alpha value is -1.69. The second-order valence-electron chi connectivity index (χ2n) is 4.25. The van der Waals surface area contributed by atoms with Crippen LogP contribution < -0.4 is 9.64 Å². The second kappa shape index (κ2) is 4.44. The third-order valence-electron chi connectivity index (χ3n) is 2.75. The molecule has 0 amide bonds. The largest absolute Gasteiger partial charge is 0.487 e. The molecule has 1 aromatic carbocycles. The maximum absolute atomic E-state index is 8.66. The van der Waals surface area contributed by atoms with Crippen LogP contribution in [0.15, 0.2) is 18.2 Å². The molecule has 0 fully saturated rings. The first kappa shape index (κ1) is 10.8. The van der Waals surface area contributed by atoms with Gasteiger partial charge < -0.3 is 9.64 Å². The fourth-order valence-corrected chi connectivity index (χ4v) is 2.03. The zero-order chi connectivity index (χ0) is 11.5. The van der Waals surface area contributed by atoms with Gasteiger partial charge in [0.15, 0.2) is 0 Å². The number of nitrogens with zero attached hydrogens (tertiary/aromatic N) is 2. The second-order valence-corrected chi connectivity index (χ2v) is 4.25. The smallest absolute Gasteiger partial charge is 0.143 e. The van der Waals surface area contributed by atoms with Gasteiger partial charge in [-0.2, -0.15) is 5.26 Å². The summed E-state index contributed by atoms with van der Waals surface area (Å²) in [4.78, 5) is 2.24. The number of aryl methyl sites for hydroxylation is 1. The average molecular weight is 216 g/mol. The van der Waals surface area contributed by atoms with Gasteiger partial charge in [-0.1, -0.05) is 6.07 Å². The van der Waals surface area contributed by atoms with Crippen LogP contribution in [0.4, 0.5) is 5.69 Å². The van der Waals surface area contributed by atoms with Gasteiger partial charge in [0.25, 0.3) is 0 Å². The molecule has 0 spiro atoms. The fourth-order valence-electron chi connectivity index (χ4n) is 2.03. The Morgan fingerprint density at radius 3 is 3.12 bits per heavy atom. The number of ether oxygens (including phenoxy) is 1. The van der Waals surface area contributed by atoms with E-state index in [-0.39, 0.29) is 6.10 Å². The van der Waals surface area contributed by atoms with E-state index in [0.29, 0.717) is 6.42 Å². The van der Waals surface area contributed by atoms with Gasteiger partial charge in [0.2, 0.25) is 0 Å². The SMILES string of the molecule is Cc1ccc2c(c1)N(CCC#N)CC(C)O2. The molecule has 3 heteroatoms. The summed E-state index contributed by atoms with van der Waals surface area (Å²) in [6, 6.07) is 8.38. The molecule has 1 aliphatic rings. The Balaban J connectivity index is 2.28. The average Bonchev–Trinajstić information content (AvgIpc) is 2.26. The van der Waals surface area contributed by atoms with E-state index in [1.54, 1.807) is 0 Å². The number of anilines is 1. The van der Waals surface area contributed by atoms with Gasteiger partial charge in [-0.3, -0.25) is 0 Å². The molecule has 84 valence electrons. The van der Waals surface area contributed by atoms with E-state index < -0.39 is 0 Å². The summed E-state index contributed by atoms with van der Waals surface area (Å²) in [5, 5.41) is 8.66. The van der Waals surface area contributed by atoms with E-state index in [1.165, 1.54) is 5.56 Å². The van der Waals surface area contributed by atoms with Crippen LogP contribution in [0.5, 0.6) is 5.75 Å². The standard InChI is InChI=1S/C13H16N2O/c1-10-4-5-13-12(8-10)15(7-3-6-14)9-11(2)16-13/h4-5,8,11H,3,7,9H2,1-2H3. The lowest BCUT2D eigenvalue weighted by atomic mass is 10.1. The molecule has 1 unspecified atom stereocenters. The number of fused-ring (bicyclic) bond motifs is 1. The summed E-state index contributed by atoms with van der Waals surface area (Å²) in [5.41, 5.74) is 2.34. The quantitative estimate of drug-likeness (QED) is 0.762. The molecule has 0 radical (unpaired) electrons. The maximum Gasteiger partial charge on any atom is 0.143 e. The van der Waals surface area contributed by atoms with Crippen LogP contribution in [0.2, 0.25) is 0 Å². The highest BCUT2D eigenvalue weighted by molar-refractivity contribution is 5.61. The van der Waals surface area contributed by atoms with Crippen molar-refractivity contribution in [2.75, 3.05) is 18.0 Å². The van der Waals surface area contributed by atoms with E-state index in [0.717, 1.165) is 24.5 Å². The summed E-state index contributed by atoms with van der Waals surface area (Å²) in [6.45, 7) is 5.77. The lowest BCUT2D eigenvalue weighted by Gasteiger charge is -2.34. The molecule has 16 heavy (non-hydrogen) atoms. The van der Waals surface area contributed by atoms with Crippen LogP contribution >= 0.6 is 0 Å². The first-order valence-electron chi connectivity index (χ1n) is 5.60. The van der Waals surface area contributed by atoms with E-state index in [4.69, 9.17) is 10.00 Å². The Labute approximate surface area is 96.2 Å². The van der Waals surface area contributed by atoms with Crippen molar-refractivity contribution in [2.24, 2.45) is 0 Å². The van der Waals surface area contributed by atoms with Crippen molar-refractivity contribution in [2.45, 2.75) is 26.4 Å². The van der Waals surface area contributed by atoms with Crippen LogP contribution in [0.3, 0.4) is 0 Å². The minimum absolute atomic E-state index is 0.189. The highest BCUT2D eigenvalue weighted by atomic mass is 16.5. The zero-order valence-corrected chi connectivity index (χ0v) is 9.73. The van der Waals surface area contributed by atoms with Gasteiger partial charge >= 0.3 is 0 Å². The van der Waals surface area contributed by atoms with Gasteiger partial charge in [-0.25, -0.2) is 0 Å². The lowest BCUT2D eigenvalue weighted by molar-refractivity contribution is 0.213. The normalized spacial score (nSPS) is 18.6. The number of rotatable bonds is 2. The zero-order valence-electron chi connectivity index (χ0n) is 9.73. The predicted molar refractivity (Wildman–Crippen MR) is 63.7 cm³/mol. The van der Waals surface area contributed by atoms with Crippen molar-refractivity contribution in [1.29, 1.82) is 5.26 Å². The number of nitriles is 1. The molecule has 0 bridgehead atoms. The summed E-state index contributed by atoms with van der Waals surface area (Å²) < 4.78 is 5.77. The van der Waals surface area contributed by atoms with Gasteiger partial charge in [0.1, 0.15) is 11.9 Å². The van der Waals surface area contributed by atoms with Gasteiger partial charge in [-0.05, 0) is 31.5 Å². The molecule has 0 N–H and O–H groups in total. The Morgan fingerprint density at radius 2 is 2.38 bits per heavy atom. The first-order valence-corrected chi connectivity index (χ1v) is 5.60. The van der Waals surface area contributed by atoms with Crippen LogP contribution in [-0.4, -0.2) is 19.2 Å². The highest BCUT2D eigenvalue weighted by Crippen LogP contribution is 2.34. The molecule has 1 heterocycles. The molecule has 0 saturated carbocycles. The molecule has 2 rings (SSSR count). The van der Waals surface area contributed by atoms with Crippen molar-refractivity contribution in [3.05, 3.63) is 23.8 Å². The summed E-state index contributed by atoms with van der Waals surface area (Å²) in [7, 11) is 0. The predicted octanol–water partition coefficient (Wildman–Crippen LogP) is 2.50. The molecule has 0 saturated heterocycles. The van der Waals surface area contributed by atoms with Gasteiger partial charge in [-0.15, -0.1) is 0 Å². The van der Waals surface area contributed by atoms with Gasteiger partial charge in [0, 0.05) is 6.54 Å². The van der Waals surface area contributed by atoms with Crippen molar-refractivity contribution < 1.29 is 4.74 Å². The molecule has 1 atom stereocenters. The highest BCUT2D eigenvalue weighted by Gasteiger charge is 2.22. The fraction of sp³-hybridized carbons (Fsp3) is 0.462. The van der Waals surface area contributed by atoms with Crippen LogP contribution in [0.25, 0.3) is 0 Å². The van der Waals surface area contributed by atoms with E-state index >= 15 is 0 Å². The van der Waals surface area contributed by atoms with Crippen molar-refractivity contribution in [1.82, 2.24) is 0 Å². The topological polar surface area (TPSA) is 36.3 Å². The molecule has 1 aliphatic heterocycles. The third kappa shape index (κ3) is 2.11. The summed E-state index contributed by atoms with van der Waals surface area (Å²) in [6.07, 6.45) is 0.744. The third-order valence-corrected chi connectivity index (χ3v) is 2.75. The maximum atomic E-state index is 8.66. The molecular formula is C13H16N2O. The number of hydrogen-bond donors (Lipinski definition) is 0. The van der Waals surface area contributed by atoms with Crippen LogP contribution in [0, 0.1) is 18.3 Å². The Morgan fingerprint density at radius 1 is 1.56 bits per heavy atom. The minimum Gasteiger partial charge on any atom is -0.487 e. The molecule has 0 aromatic heterocycles. The number of hydrogen-bond acceptors (Lipinski definition) is 3. The molecule has 0 aliphatic carbocycles. The van der Waals surface area contributed by atoms with Crippen molar-refractivity contribution in [3.63, 3.8) is 0 Å². The Bertz CT molecular complexity index is 422. The summed E-state index contributed by atoms with van der Waals surface area (Å²) in [5.74, 6) is 0.933. The molecule has 1 aromatic rings. The van der Waals surface area contributed by atoms with Crippen LogP contribution in [0.1, 0.15) is 18.9 Å². The Kier molecular flexibility index (Phi) is 3.00. The monoisotopic (exact) mass is 216 g/mol. The first-order chi connectivity index (χ1) is 7.70.